The minimum absolute atomic E-state index is 0.810. The van der Waals surface area contributed by atoms with Crippen molar-refractivity contribution in [3.05, 3.63) is 121 Å². The van der Waals surface area contributed by atoms with Gasteiger partial charge in [-0.15, -0.1) is 0 Å². The van der Waals surface area contributed by atoms with Crippen LogP contribution >= 0.6 is 0 Å². The second-order valence-corrected chi connectivity index (χ2v) is 10.8. The number of aromatic amines is 2. The molecule has 0 aliphatic heterocycles. The van der Waals surface area contributed by atoms with Crippen molar-refractivity contribution < 1.29 is 4.74 Å². The van der Waals surface area contributed by atoms with E-state index in [1.54, 1.807) is 7.11 Å². The lowest BCUT2D eigenvalue weighted by molar-refractivity contribution is 0.415. The first-order valence-corrected chi connectivity index (χ1v) is 14.2. The van der Waals surface area contributed by atoms with Gasteiger partial charge in [-0.3, -0.25) is 0 Å². The fourth-order valence-electron chi connectivity index (χ4n) is 6.86. The molecule has 42 heavy (non-hydrogen) atoms. The number of pyridine rings is 1. The molecule has 6 aromatic carbocycles. The number of nitrogens with one attached hydrogen (secondary N) is 2. The van der Waals surface area contributed by atoms with Crippen LogP contribution < -0.4 is 4.74 Å². The number of ether oxygens (including phenoxy) is 1. The number of fused-ring (bicyclic) bond motifs is 8. The van der Waals surface area contributed by atoms with E-state index in [-0.39, 0.29) is 0 Å². The Morgan fingerprint density at radius 2 is 1.12 bits per heavy atom. The van der Waals surface area contributed by atoms with E-state index in [0.717, 1.165) is 55.2 Å². The summed E-state index contributed by atoms with van der Waals surface area (Å²) in [5.74, 6) is 0.810. The molecular formula is C38H25N3O. The predicted octanol–water partition coefficient (Wildman–Crippen LogP) is 10.00. The summed E-state index contributed by atoms with van der Waals surface area (Å²) in [6, 6.07) is 42.9. The van der Waals surface area contributed by atoms with Crippen molar-refractivity contribution in [2.24, 2.45) is 0 Å². The molecule has 0 amide bonds. The number of para-hydroxylation sites is 2. The first-order valence-electron chi connectivity index (χ1n) is 14.2. The Bertz CT molecular complexity index is 2500. The fraction of sp³-hybridized carbons (Fsp3) is 0.0263. The Labute approximate surface area is 241 Å². The van der Waals surface area contributed by atoms with Crippen molar-refractivity contribution in [3.8, 4) is 28.0 Å². The Morgan fingerprint density at radius 1 is 0.524 bits per heavy atom. The van der Waals surface area contributed by atoms with Gasteiger partial charge in [0.15, 0.2) is 0 Å². The number of methoxy groups -OCH3 is 1. The van der Waals surface area contributed by atoms with Gasteiger partial charge in [0.05, 0.1) is 18.1 Å². The van der Waals surface area contributed by atoms with Crippen molar-refractivity contribution in [2.45, 2.75) is 0 Å². The van der Waals surface area contributed by atoms with Gasteiger partial charge >= 0.3 is 0 Å². The molecule has 0 fully saturated rings. The summed E-state index contributed by atoms with van der Waals surface area (Å²) < 4.78 is 5.76. The third-order valence-corrected chi connectivity index (χ3v) is 8.63. The molecular weight excluding hydrogens is 514 g/mol. The zero-order valence-electron chi connectivity index (χ0n) is 22.9. The van der Waals surface area contributed by atoms with Gasteiger partial charge < -0.3 is 14.7 Å². The molecule has 0 radical (unpaired) electrons. The minimum atomic E-state index is 0.810. The predicted molar refractivity (Wildman–Crippen MR) is 175 cm³/mol. The Hall–Kier alpha value is -5.61. The third-order valence-electron chi connectivity index (χ3n) is 8.63. The summed E-state index contributed by atoms with van der Waals surface area (Å²) in [5, 5.41) is 8.17. The van der Waals surface area contributed by atoms with Crippen molar-refractivity contribution in [1.82, 2.24) is 15.0 Å². The second-order valence-electron chi connectivity index (χ2n) is 10.8. The smallest absolute Gasteiger partial charge is 0.139 e. The molecule has 9 aromatic rings. The number of hydrogen-bond donors (Lipinski definition) is 2. The molecule has 4 heteroatoms. The van der Waals surface area contributed by atoms with Crippen LogP contribution in [0.5, 0.6) is 5.75 Å². The summed E-state index contributed by atoms with van der Waals surface area (Å²) in [6.45, 7) is 0. The molecule has 0 saturated carbocycles. The molecule has 0 bridgehead atoms. The zero-order valence-corrected chi connectivity index (χ0v) is 22.9. The highest BCUT2D eigenvalue weighted by Gasteiger charge is 2.25. The topological polar surface area (TPSA) is 53.7 Å². The molecule has 0 spiro atoms. The van der Waals surface area contributed by atoms with Gasteiger partial charge in [-0.05, 0) is 46.7 Å². The molecule has 0 aliphatic rings. The van der Waals surface area contributed by atoms with Crippen molar-refractivity contribution in [3.63, 3.8) is 0 Å². The first-order chi connectivity index (χ1) is 20.8. The minimum Gasteiger partial charge on any atom is -0.497 e. The van der Waals surface area contributed by atoms with E-state index in [2.05, 4.69) is 125 Å². The summed E-state index contributed by atoms with van der Waals surface area (Å²) in [5.41, 5.74) is 9.91. The molecule has 3 aromatic heterocycles. The Kier molecular flexibility index (Phi) is 4.79. The van der Waals surface area contributed by atoms with Crippen molar-refractivity contribution >= 4 is 65.4 Å². The zero-order chi connectivity index (χ0) is 27.8. The molecule has 9 rings (SSSR count). The number of hydrogen-bond acceptors (Lipinski definition) is 2. The lowest BCUT2D eigenvalue weighted by Crippen LogP contribution is -1.94. The highest BCUT2D eigenvalue weighted by molar-refractivity contribution is 6.33. The van der Waals surface area contributed by atoms with Gasteiger partial charge in [0.1, 0.15) is 11.4 Å². The molecule has 3 heterocycles. The van der Waals surface area contributed by atoms with E-state index in [0.29, 0.717) is 0 Å². The van der Waals surface area contributed by atoms with Crippen LogP contribution in [0, 0.1) is 0 Å². The summed E-state index contributed by atoms with van der Waals surface area (Å²) in [6.07, 6.45) is 0. The van der Waals surface area contributed by atoms with Gasteiger partial charge in [0.25, 0.3) is 0 Å². The highest BCUT2D eigenvalue weighted by Crippen LogP contribution is 2.50. The van der Waals surface area contributed by atoms with Gasteiger partial charge in [-0.1, -0.05) is 91.0 Å². The van der Waals surface area contributed by atoms with Crippen LogP contribution in [-0.4, -0.2) is 22.1 Å². The summed E-state index contributed by atoms with van der Waals surface area (Å²) in [4.78, 5) is 12.6. The highest BCUT2D eigenvalue weighted by atomic mass is 16.5. The first kappa shape index (κ1) is 23.1. The van der Waals surface area contributed by atoms with E-state index in [4.69, 9.17) is 9.72 Å². The quantitative estimate of drug-likeness (QED) is 0.235. The van der Waals surface area contributed by atoms with Crippen molar-refractivity contribution in [2.75, 3.05) is 7.11 Å². The molecule has 0 atom stereocenters. The molecule has 2 N–H and O–H groups in total. The number of benzene rings is 6. The Balaban J connectivity index is 1.61. The van der Waals surface area contributed by atoms with Crippen LogP contribution in [0.3, 0.4) is 0 Å². The van der Waals surface area contributed by atoms with E-state index in [9.17, 15) is 0 Å². The van der Waals surface area contributed by atoms with E-state index in [1.807, 2.05) is 6.07 Å². The summed E-state index contributed by atoms with van der Waals surface area (Å²) in [7, 11) is 1.72. The number of H-pyrrole nitrogens is 2. The van der Waals surface area contributed by atoms with Crippen LogP contribution in [0.4, 0.5) is 0 Å². The summed E-state index contributed by atoms with van der Waals surface area (Å²) >= 11 is 0. The maximum Gasteiger partial charge on any atom is 0.139 e. The molecule has 0 unspecified atom stereocenters. The average Bonchev–Trinajstić information content (AvgIpc) is 3.61. The molecule has 0 saturated heterocycles. The Morgan fingerprint density at radius 3 is 1.86 bits per heavy atom. The normalized spacial score (nSPS) is 11.9. The molecule has 0 aliphatic carbocycles. The third kappa shape index (κ3) is 3.15. The SMILES string of the molecule is COc1ccc2nc3[nH]c4ccccc4c3c(-c3c4ccccc4c(-c4ccccc4)c4[nH]c5ccccc5c34)c2c1. The lowest BCUT2D eigenvalue weighted by atomic mass is 9.85. The second kappa shape index (κ2) is 8.69. The van der Waals surface area contributed by atoms with Gasteiger partial charge in [-0.2, -0.15) is 0 Å². The van der Waals surface area contributed by atoms with Crippen LogP contribution in [0.25, 0.3) is 87.7 Å². The van der Waals surface area contributed by atoms with Crippen LogP contribution in [0.2, 0.25) is 0 Å². The van der Waals surface area contributed by atoms with Crippen LogP contribution in [0.15, 0.2) is 121 Å². The molecule has 198 valence electrons. The fourth-order valence-corrected chi connectivity index (χ4v) is 6.86. The largest absolute Gasteiger partial charge is 0.497 e. The van der Waals surface area contributed by atoms with Gasteiger partial charge in [0, 0.05) is 54.7 Å². The number of nitrogens with zero attached hydrogens (tertiary/aromatic N) is 1. The van der Waals surface area contributed by atoms with Crippen molar-refractivity contribution in [1.29, 1.82) is 0 Å². The lowest BCUT2D eigenvalue weighted by Gasteiger charge is -2.18. The average molecular weight is 540 g/mol. The van der Waals surface area contributed by atoms with E-state index >= 15 is 0 Å². The maximum atomic E-state index is 5.76. The molecule has 4 nitrogen and oxygen atoms in total. The van der Waals surface area contributed by atoms with Gasteiger partial charge in [0.2, 0.25) is 0 Å². The monoisotopic (exact) mass is 539 g/mol. The van der Waals surface area contributed by atoms with Gasteiger partial charge in [-0.25, -0.2) is 4.98 Å². The number of rotatable bonds is 3. The number of aromatic nitrogens is 3. The standard InChI is InChI=1S/C38H25N3O/c1-42-23-19-20-31-28(21-23)34(36-27-16-8-10-18-30(27)40-38(36)41-31)33-25-14-6-5-13-24(25)32(22-11-3-2-4-12-22)37-35(33)26-15-7-9-17-29(26)39-37/h2-21,39H,1H3,(H,40,41). The van der Waals surface area contributed by atoms with E-state index in [1.165, 1.54) is 38.2 Å². The van der Waals surface area contributed by atoms with Crippen LogP contribution in [0.1, 0.15) is 0 Å². The maximum absolute atomic E-state index is 5.76. The van der Waals surface area contributed by atoms with Crippen LogP contribution in [-0.2, 0) is 0 Å². The van der Waals surface area contributed by atoms with E-state index < -0.39 is 0 Å².